The molecule has 0 radical (unpaired) electrons. The van der Waals surface area contributed by atoms with Crippen molar-refractivity contribution < 1.29 is 18.6 Å². The summed E-state index contributed by atoms with van der Waals surface area (Å²) in [7, 11) is 0. The normalized spacial score (nSPS) is 15.3. The van der Waals surface area contributed by atoms with Gasteiger partial charge in [0.25, 0.3) is 0 Å². The van der Waals surface area contributed by atoms with E-state index in [4.69, 9.17) is 4.74 Å². The zero-order chi connectivity index (χ0) is 14.1. The number of hydrogen-bond donors (Lipinski definition) is 1. The highest BCUT2D eigenvalue weighted by molar-refractivity contribution is 5.47. The molecular formula is C16H14F2O2. The second-order valence-corrected chi connectivity index (χ2v) is 4.83. The van der Waals surface area contributed by atoms with Gasteiger partial charge in [-0.3, -0.25) is 0 Å². The first-order valence-corrected chi connectivity index (χ1v) is 6.55. The number of benzene rings is 2. The first kappa shape index (κ1) is 13.1. The highest BCUT2D eigenvalue weighted by atomic mass is 19.1. The van der Waals surface area contributed by atoms with Crippen LogP contribution in [0.15, 0.2) is 36.4 Å². The number of aliphatic hydroxyl groups is 1. The van der Waals surface area contributed by atoms with Gasteiger partial charge >= 0.3 is 0 Å². The molecule has 0 bridgehead atoms. The second kappa shape index (κ2) is 5.21. The molecule has 0 amide bonds. The summed E-state index contributed by atoms with van der Waals surface area (Å²) in [5.41, 5.74) is 1.03. The molecule has 20 heavy (non-hydrogen) atoms. The Morgan fingerprint density at radius 2 is 1.75 bits per heavy atom. The van der Waals surface area contributed by atoms with E-state index in [0.29, 0.717) is 17.9 Å². The molecule has 0 saturated carbocycles. The zero-order valence-corrected chi connectivity index (χ0v) is 10.8. The Morgan fingerprint density at radius 1 is 1.05 bits per heavy atom. The fourth-order valence-corrected chi connectivity index (χ4v) is 2.56. The van der Waals surface area contributed by atoms with Crippen molar-refractivity contribution in [3.63, 3.8) is 0 Å². The Kier molecular flexibility index (Phi) is 3.40. The molecule has 1 unspecified atom stereocenters. The van der Waals surface area contributed by atoms with Crippen LogP contribution in [0.2, 0.25) is 0 Å². The quantitative estimate of drug-likeness (QED) is 0.911. The minimum atomic E-state index is -1.37. The maximum absolute atomic E-state index is 13.8. The van der Waals surface area contributed by atoms with E-state index in [1.54, 1.807) is 12.1 Å². The van der Waals surface area contributed by atoms with E-state index in [0.717, 1.165) is 30.5 Å². The number of hydrogen-bond acceptors (Lipinski definition) is 2. The molecular weight excluding hydrogens is 262 g/mol. The standard InChI is InChI=1S/C16H14F2O2/c17-12-7-2-8-13(18)14(12)15(19)11-6-1-4-10-5-3-9-20-16(10)11/h1-2,4,6-8,15,19H,3,5,9H2. The molecule has 0 aliphatic carbocycles. The van der Waals surface area contributed by atoms with Gasteiger partial charge in [0.05, 0.1) is 12.2 Å². The molecule has 104 valence electrons. The van der Waals surface area contributed by atoms with Crippen LogP contribution in [-0.4, -0.2) is 11.7 Å². The third-order valence-electron chi connectivity index (χ3n) is 3.53. The lowest BCUT2D eigenvalue weighted by molar-refractivity contribution is 0.197. The van der Waals surface area contributed by atoms with Crippen molar-refractivity contribution in [2.45, 2.75) is 18.9 Å². The molecule has 2 aromatic carbocycles. The summed E-state index contributed by atoms with van der Waals surface area (Å²) < 4.78 is 33.1. The van der Waals surface area contributed by atoms with Crippen molar-refractivity contribution in [3.05, 3.63) is 64.7 Å². The number of fused-ring (bicyclic) bond motifs is 1. The average Bonchev–Trinajstić information content (AvgIpc) is 2.46. The SMILES string of the molecule is OC(c1cccc2c1OCCC2)c1c(F)cccc1F. The Bertz CT molecular complexity index is 620. The summed E-state index contributed by atoms with van der Waals surface area (Å²) in [4.78, 5) is 0. The predicted molar refractivity (Wildman–Crippen MR) is 70.7 cm³/mol. The first-order chi connectivity index (χ1) is 9.68. The predicted octanol–water partition coefficient (Wildman–Crippen LogP) is 3.37. The summed E-state index contributed by atoms with van der Waals surface area (Å²) >= 11 is 0. The van der Waals surface area contributed by atoms with Crippen LogP contribution in [0.25, 0.3) is 0 Å². The number of aliphatic hydroxyl groups excluding tert-OH is 1. The monoisotopic (exact) mass is 276 g/mol. The summed E-state index contributed by atoms with van der Waals surface area (Å²) in [5.74, 6) is -0.967. The molecule has 0 aromatic heterocycles. The first-order valence-electron chi connectivity index (χ1n) is 6.55. The fourth-order valence-electron chi connectivity index (χ4n) is 2.56. The van der Waals surface area contributed by atoms with Crippen molar-refractivity contribution in [1.82, 2.24) is 0 Å². The summed E-state index contributed by atoms with van der Waals surface area (Å²) in [6.45, 7) is 0.552. The van der Waals surface area contributed by atoms with Crippen LogP contribution in [-0.2, 0) is 6.42 Å². The minimum Gasteiger partial charge on any atom is -0.493 e. The second-order valence-electron chi connectivity index (χ2n) is 4.83. The van der Waals surface area contributed by atoms with Crippen molar-refractivity contribution in [3.8, 4) is 5.75 Å². The van der Waals surface area contributed by atoms with Gasteiger partial charge in [0, 0.05) is 5.56 Å². The summed E-state index contributed by atoms with van der Waals surface area (Å²) in [5, 5.41) is 10.3. The lowest BCUT2D eigenvalue weighted by atomic mass is 9.95. The van der Waals surface area contributed by atoms with Crippen LogP contribution in [0.5, 0.6) is 5.75 Å². The number of ether oxygens (including phenoxy) is 1. The smallest absolute Gasteiger partial charge is 0.132 e. The Labute approximate surface area is 115 Å². The van der Waals surface area contributed by atoms with Gasteiger partial charge in [0.15, 0.2) is 0 Å². The Morgan fingerprint density at radius 3 is 2.50 bits per heavy atom. The van der Waals surface area contributed by atoms with Crippen LogP contribution in [0.1, 0.15) is 29.2 Å². The average molecular weight is 276 g/mol. The van der Waals surface area contributed by atoms with Crippen LogP contribution >= 0.6 is 0 Å². The molecule has 0 spiro atoms. The molecule has 0 saturated heterocycles. The van der Waals surface area contributed by atoms with Gasteiger partial charge in [-0.25, -0.2) is 8.78 Å². The lowest BCUT2D eigenvalue weighted by Gasteiger charge is -2.23. The molecule has 2 nitrogen and oxygen atoms in total. The largest absolute Gasteiger partial charge is 0.493 e. The van der Waals surface area contributed by atoms with Crippen molar-refractivity contribution in [2.24, 2.45) is 0 Å². The van der Waals surface area contributed by atoms with E-state index in [1.165, 1.54) is 6.07 Å². The fraction of sp³-hybridized carbons (Fsp3) is 0.250. The van der Waals surface area contributed by atoms with E-state index in [-0.39, 0.29) is 5.56 Å². The molecule has 1 heterocycles. The van der Waals surface area contributed by atoms with Gasteiger partial charge in [0.2, 0.25) is 0 Å². The third-order valence-corrected chi connectivity index (χ3v) is 3.53. The van der Waals surface area contributed by atoms with E-state index < -0.39 is 17.7 Å². The molecule has 4 heteroatoms. The maximum atomic E-state index is 13.8. The molecule has 2 aromatic rings. The van der Waals surface area contributed by atoms with Crippen molar-refractivity contribution >= 4 is 0 Å². The van der Waals surface area contributed by atoms with Gasteiger partial charge in [0.1, 0.15) is 23.5 Å². The van der Waals surface area contributed by atoms with E-state index >= 15 is 0 Å². The number of rotatable bonds is 2. The van der Waals surface area contributed by atoms with Crippen LogP contribution < -0.4 is 4.74 Å². The van der Waals surface area contributed by atoms with E-state index in [1.807, 2.05) is 6.07 Å². The van der Waals surface area contributed by atoms with Gasteiger partial charge in [-0.05, 0) is 30.5 Å². The maximum Gasteiger partial charge on any atom is 0.132 e. The van der Waals surface area contributed by atoms with Gasteiger partial charge in [-0.2, -0.15) is 0 Å². The topological polar surface area (TPSA) is 29.5 Å². The van der Waals surface area contributed by atoms with E-state index in [9.17, 15) is 13.9 Å². The molecule has 1 aliphatic heterocycles. The van der Waals surface area contributed by atoms with Crippen molar-refractivity contribution in [1.29, 1.82) is 0 Å². The highest BCUT2D eigenvalue weighted by Gasteiger charge is 2.25. The summed E-state index contributed by atoms with van der Waals surface area (Å²) in [6, 6.07) is 8.86. The van der Waals surface area contributed by atoms with Crippen LogP contribution in [0, 0.1) is 11.6 Å². The molecule has 0 fully saturated rings. The molecule has 1 atom stereocenters. The number of halogens is 2. The number of aryl methyl sites for hydroxylation is 1. The lowest BCUT2D eigenvalue weighted by Crippen LogP contribution is -2.14. The third kappa shape index (κ3) is 2.16. The van der Waals surface area contributed by atoms with Gasteiger partial charge in [-0.15, -0.1) is 0 Å². The van der Waals surface area contributed by atoms with Gasteiger partial charge in [-0.1, -0.05) is 24.3 Å². The van der Waals surface area contributed by atoms with Gasteiger partial charge < -0.3 is 9.84 Å². The van der Waals surface area contributed by atoms with Crippen molar-refractivity contribution in [2.75, 3.05) is 6.61 Å². The van der Waals surface area contributed by atoms with Crippen LogP contribution in [0.3, 0.4) is 0 Å². The molecule has 1 N–H and O–H groups in total. The minimum absolute atomic E-state index is 0.338. The highest BCUT2D eigenvalue weighted by Crippen LogP contribution is 2.37. The summed E-state index contributed by atoms with van der Waals surface area (Å²) in [6.07, 6.45) is 0.375. The molecule has 1 aliphatic rings. The molecule has 3 rings (SSSR count). The van der Waals surface area contributed by atoms with Crippen LogP contribution in [0.4, 0.5) is 8.78 Å². The Balaban J connectivity index is 2.09. The zero-order valence-electron chi connectivity index (χ0n) is 10.8. The number of para-hydroxylation sites is 1. The Hall–Kier alpha value is -1.94. The van der Waals surface area contributed by atoms with E-state index in [2.05, 4.69) is 0 Å².